The normalized spacial score (nSPS) is 15.3. The second-order valence-corrected chi connectivity index (χ2v) is 5.82. The van der Waals surface area contributed by atoms with E-state index < -0.39 is 29.7 Å². The van der Waals surface area contributed by atoms with Crippen molar-refractivity contribution in [3.63, 3.8) is 0 Å². The minimum atomic E-state index is -4.57. The molecule has 0 saturated heterocycles. The van der Waals surface area contributed by atoms with Crippen LogP contribution in [0.1, 0.15) is 33.1 Å². The summed E-state index contributed by atoms with van der Waals surface area (Å²) in [6.45, 7) is -0.243. The summed E-state index contributed by atoms with van der Waals surface area (Å²) in [5, 5.41) is 8.90. The third-order valence-electron chi connectivity index (χ3n) is 4.20. The first-order chi connectivity index (χ1) is 12.3. The topological polar surface area (TPSA) is 57.6 Å². The van der Waals surface area contributed by atoms with Crippen LogP contribution in [0.15, 0.2) is 60.7 Å². The van der Waals surface area contributed by atoms with E-state index in [1.165, 1.54) is 23.1 Å². The fraction of sp³-hybridized carbons (Fsp3) is 0.158. The number of fused-ring (bicyclic) bond motifs is 1. The first-order valence-corrected chi connectivity index (χ1v) is 7.75. The standard InChI is InChI=1S/C19H14F3NO3/c20-19(21,22)15-8-4-7-13-14(15)11-23(18(13)26)16(9-10-17(24)25)12-5-2-1-3-6-12/h1-10,16H,11H2,(H,24,25). The molecular weight excluding hydrogens is 347 g/mol. The quantitative estimate of drug-likeness (QED) is 0.836. The van der Waals surface area contributed by atoms with E-state index in [1.807, 2.05) is 0 Å². The SMILES string of the molecule is O=C(O)C=CC(c1ccccc1)N1Cc2c(cccc2C(F)(F)F)C1=O. The molecule has 0 bridgehead atoms. The van der Waals surface area contributed by atoms with Gasteiger partial charge in [-0.2, -0.15) is 13.2 Å². The number of halogens is 3. The fourth-order valence-electron chi connectivity index (χ4n) is 3.06. The van der Waals surface area contributed by atoms with Crippen molar-refractivity contribution in [3.8, 4) is 0 Å². The van der Waals surface area contributed by atoms with Gasteiger partial charge in [0.2, 0.25) is 0 Å². The average molecular weight is 361 g/mol. The van der Waals surface area contributed by atoms with Crippen LogP contribution in [0.3, 0.4) is 0 Å². The number of nitrogens with zero attached hydrogens (tertiary/aromatic N) is 1. The summed E-state index contributed by atoms with van der Waals surface area (Å²) in [5.74, 6) is -1.76. The third kappa shape index (κ3) is 3.33. The number of hydrogen-bond donors (Lipinski definition) is 1. The highest BCUT2D eigenvalue weighted by Gasteiger charge is 2.40. The Hall–Kier alpha value is -3.09. The zero-order valence-corrected chi connectivity index (χ0v) is 13.4. The Kier molecular flexibility index (Phi) is 4.54. The van der Waals surface area contributed by atoms with Gasteiger partial charge in [-0.25, -0.2) is 4.79 Å². The summed E-state index contributed by atoms with van der Waals surface area (Å²) in [5.41, 5.74) is -0.335. The largest absolute Gasteiger partial charge is 0.478 e. The Morgan fingerprint density at radius 2 is 1.81 bits per heavy atom. The van der Waals surface area contributed by atoms with Crippen molar-refractivity contribution in [1.82, 2.24) is 4.90 Å². The predicted molar refractivity (Wildman–Crippen MR) is 87.3 cm³/mol. The van der Waals surface area contributed by atoms with Gasteiger partial charge >= 0.3 is 12.1 Å². The molecule has 7 heteroatoms. The van der Waals surface area contributed by atoms with Crippen molar-refractivity contribution in [1.29, 1.82) is 0 Å². The molecule has 2 aromatic rings. The lowest BCUT2D eigenvalue weighted by Gasteiger charge is -2.25. The van der Waals surface area contributed by atoms with Crippen molar-refractivity contribution >= 4 is 11.9 Å². The summed E-state index contributed by atoms with van der Waals surface area (Å²) < 4.78 is 39.8. The first kappa shape index (κ1) is 17.7. The maximum absolute atomic E-state index is 13.3. The monoisotopic (exact) mass is 361 g/mol. The van der Waals surface area contributed by atoms with E-state index in [-0.39, 0.29) is 17.7 Å². The van der Waals surface area contributed by atoms with Gasteiger partial charge in [-0.1, -0.05) is 42.5 Å². The highest BCUT2D eigenvalue weighted by molar-refractivity contribution is 5.99. The molecule has 1 amide bonds. The van der Waals surface area contributed by atoms with Crippen LogP contribution in [0, 0.1) is 0 Å². The highest BCUT2D eigenvalue weighted by Crippen LogP contribution is 2.39. The van der Waals surface area contributed by atoms with Gasteiger partial charge in [0.25, 0.3) is 5.91 Å². The maximum Gasteiger partial charge on any atom is 0.416 e. The Morgan fingerprint density at radius 1 is 1.12 bits per heavy atom. The molecule has 1 N–H and O–H groups in total. The zero-order chi connectivity index (χ0) is 18.9. The van der Waals surface area contributed by atoms with Crippen molar-refractivity contribution in [3.05, 3.63) is 82.9 Å². The van der Waals surface area contributed by atoms with Crippen molar-refractivity contribution < 1.29 is 27.9 Å². The molecule has 0 aromatic heterocycles. The van der Waals surface area contributed by atoms with Gasteiger partial charge in [-0.15, -0.1) is 0 Å². The number of carboxylic acid groups (broad SMARTS) is 1. The van der Waals surface area contributed by atoms with E-state index in [9.17, 15) is 22.8 Å². The number of hydrogen-bond acceptors (Lipinski definition) is 2. The van der Waals surface area contributed by atoms with Crippen LogP contribution < -0.4 is 0 Å². The molecule has 0 aliphatic carbocycles. The predicted octanol–water partition coefficient (Wildman–Crippen LogP) is 4.04. The molecule has 2 aromatic carbocycles. The van der Waals surface area contributed by atoms with Crippen LogP contribution in [-0.2, 0) is 17.5 Å². The molecular formula is C19H14F3NO3. The summed E-state index contributed by atoms with van der Waals surface area (Å²) in [6.07, 6.45) is -2.38. The van der Waals surface area contributed by atoms with Crippen LogP contribution in [0.25, 0.3) is 0 Å². The molecule has 4 nitrogen and oxygen atoms in total. The van der Waals surface area contributed by atoms with Gasteiger partial charge in [0.1, 0.15) is 0 Å². The van der Waals surface area contributed by atoms with Gasteiger partial charge in [-0.05, 0) is 23.3 Å². The molecule has 1 aliphatic heterocycles. The molecule has 0 fully saturated rings. The van der Waals surface area contributed by atoms with E-state index in [0.29, 0.717) is 5.56 Å². The van der Waals surface area contributed by atoms with Gasteiger partial charge < -0.3 is 10.0 Å². The van der Waals surface area contributed by atoms with E-state index in [2.05, 4.69) is 0 Å². The number of carbonyl (C=O) groups excluding carboxylic acids is 1. The van der Waals surface area contributed by atoms with Crippen molar-refractivity contribution in [2.24, 2.45) is 0 Å². The van der Waals surface area contributed by atoms with Crippen LogP contribution in [0.4, 0.5) is 13.2 Å². The Labute approximate surface area is 147 Å². The van der Waals surface area contributed by atoms with E-state index in [0.717, 1.165) is 12.1 Å². The number of alkyl halides is 3. The second kappa shape index (κ2) is 6.67. The highest BCUT2D eigenvalue weighted by atomic mass is 19.4. The molecule has 134 valence electrons. The van der Waals surface area contributed by atoms with Gasteiger partial charge in [0, 0.05) is 18.2 Å². The Bertz CT molecular complexity index is 875. The van der Waals surface area contributed by atoms with Gasteiger partial charge in [-0.3, -0.25) is 4.79 Å². The molecule has 1 aliphatic rings. The van der Waals surface area contributed by atoms with E-state index in [4.69, 9.17) is 5.11 Å². The van der Waals surface area contributed by atoms with Gasteiger partial charge in [0.05, 0.1) is 11.6 Å². The number of amides is 1. The number of carbonyl (C=O) groups is 2. The summed E-state index contributed by atoms with van der Waals surface area (Å²) >= 11 is 0. The van der Waals surface area contributed by atoms with Gasteiger partial charge in [0.15, 0.2) is 0 Å². The number of rotatable bonds is 4. The fourth-order valence-corrected chi connectivity index (χ4v) is 3.06. The lowest BCUT2D eigenvalue weighted by atomic mass is 10.0. The number of carboxylic acids is 1. The van der Waals surface area contributed by atoms with Crippen LogP contribution in [0.5, 0.6) is 0 Å². The number of aliphatic carboxylic acids is 1. The summed E-state index contributed by atoms with van der Waals surface area (Å²) in [4.78, 5) is 24.9. The molecule has 0 radical (unpaired) electrons. The van der Waals surface area contributed by atoms with Crippen LogP contribution >= 0.6 is 0 Å². The minimum Gasteiger partial charge on any atom is -0.478 e. The molecule has 0 spiro atoms. The van der Waals surface area contributed by atoms with Crippen molar-refractivity contribution in [2.75, 3.05) is 0 Å². The maximum atomic E-state index is 13.3. The summed E-state index contributed by atoms with van der Waals surface area (Å²) in [7, 11) is 0. The number of benzene rings is 2. The molecule has 0 saturated carbocycles. The van der Waals surface area contributed by atoms with Crippen molar-refractivity contribution in [2.45, 2.75) is 18.8 Å². The van der Waals surface area contributed by atoms with Crippen LogP contribution in [0.2, 0.25) is 0 Å². The Balaban J connectivity index is 2.04. The average Bonchev–Trinajstić information content (AvgIpc) is 2.92. The van der Waals surface area contributed by atoms with E-state index >= 15 is 0 Å². The molecule has 26 heavy (non-hydrogen) atoms. The summed E-state index contributed by atoms with van der Waals surface area (Å²) in [6, 6.07) is 11.3. The zero-order valence-electron chi connectivity index (χ0n) is 13.4. The molecule has 1 heterocycles. The minimum absolute atomic E-state index is 0.00974. The van der Waals surface area contributed by atoms with Crippen LogP contribution in [-0.4, -0.2) is 21.9 Å². The molecule has 1 unspecified atom stereocenters. The second-order valence-electron chi connectivity index (χ2n) is 5.82. The Morgan fingerprint density at radius 3 is 2.42 bits per heavy atom. The smallest absolute Gasteiger partial charge is 0.416 e. The third-order valence-corrected chi connectivity index (χ3v) is 4.20. The molecule has 1 atom stereocenters. The first-order valence-electron chi connectivity index (χ1n) is 7.75. The lowest BCUT2D eigenvalue weighted by molar-refractivity contribution is -0.138. The molecule has 3 rings (SSSR count). The lowest BCUT2D eigenvalue weighted by Crippen LogP contribution is -2.28. The van der Waals surface area contributed by atoms with E-state index in [1.54, 1.807) is 30.3 Å².